The van der Waals surface area contributed by atoms with Gasteiger partial charge in [-0.05, 0) is 48.8 Å². The molecule has 1 fully saturated rings. The summed E-state index contributed by atoms with van der Waals surface area (Å²) in [6, 6.07) is 12.8. The van der Waals surface area contributed by atoms with Crippen molar-refractivity contribution in [3.63, 3.8) is 0 Å². The van der Waals surface area contributed by atoms with Crippen LogP contribution in [0.5, 0.6) is 0 Å². The van der Waals surface area contributed by atoms with Gasteiger partial charge in [-0.3, -0.25) is 4.79 Å². The van der Waals surface area contributed by atoms with Gasteiger partial charge in [0.2, 0.25) is 5.91 Å². The molecule has 3 nitrogen and oxygen atoms in total. The molecule has 7 heteroatoms. The summed E-state index contributed by atoms with van der Waals surface area (Å²) in [6.45, 7) is 1.76. The smallest absolute Gasteiger partial charge is 0.386 e. The monoisotopic (exact) mass is 479 g/mol. The number of benzene rings is 2. The molecule has 1 N–H and O–H groups in total. The molecule has 0 bridgehead atoms. The Hall–Kier alpha value is -1.99. The van der Waals surface area contributed by atoms with Crippen LogP contribution in [0.4, 0.5) is 13.2 Å². The zero-order chi connectivity index (χ0) is 24.2. The maximum absolute atomic E-state index is 13.7. The van der Waals surface area contributed by atoms with Crippen LogP contribution in [-0.4, -0.2) is 35.3 Å². The fraction of sp³-hybridized carbons (Fsp3) is 0.500. The van der Waals surface area contributed by atoms with Gasteiger partial charge in [0.1, 0.15) is 0 Å². The van der Waals surface area contributed by atoms with Crippen molar-refractivity contribution in [3.8, 4) is 0 Å². The third-order valence-corrected chi connectivity index (χ3v) is 7.63. The highest BCUT2D eigenvalue weighted by molar-refractivity contribution is 7.98. The van der Waals surface area contributed by atoms with Crippen LogP contribution in [0.1, 0.15) is 67.7 Å². The highest BCUT2D eigenvalue weighted by Crippen LogP contribution is 2.41. The zero-order valence-corrected chi connectivity index (χ0v) is 20.1. The lowest BCUT2D eigenvalue weighted by Gasteiger charge is -2.33. The molecule has 3 atom stereocenters. The molecule has 0 spiro atoms. The number of likely N-dealkylation sites (N-methyl/N-ethyl adjacent to an activating group) is 1. The number of rotatable bonds is 8. The topological polar surface area (TPSA) is 40.5 Å². The minimum absolute atomic E-state index is 0.152. The fourth-order valence-corrected chi connectivity index (χ4v) is 5.31. The first-order valence-electron chi connectivity index (χ1n) is 11.4. The Morgan fingerprint density at radius 1 is 1.12 bits per heavy atom. The van der Waals surface area contributed by atoms with Crippen LogP contribution in [0.2, 0.25) is 0 Å². The summed E-state index contributed by atoms with van der Waals surface area (Å²) in [5.74, 6) is -0.619. The maximum Gasteiger partial charge on any atom is 0.417 e. The Kier molecular flexibility index (Phi) is 8.51. The average molecular weight is 480 g/mol. The number of aliphatic hydroxyl groups excluding tert-OH is 1. The van der Waals surface area contributed by atoms with E-state index in [-0.39, 0.29) is 10.8 Å². The van der Waals surface area contributed by atoms with E-state index in [4.69, 9.17) is 0 Å². The molecule has 0 saturated heterocycles. The molecular weight excluding hydrogens is 447 g/mol. The van der Waals surface area contributed by atoms with Gasteiger partial charge in [0.25, 0.3) is 0 Å². The summed E-state index contributed by atoms with van der Waals surface area (Å²) in [4.78, 5) is 15.3. The number of nitrogens with zero attached hydrogens (tertiary/aromatic N) is 1. The van der Waals surface area contributed by atoms with Crippen molar-refractivity contribution in [3.05, 3.63) is 65.2 Å². The van der Waals surface area contributed by atoms with Gasteiger partial charge in [-0.15, -0.1) is 11.8 Å². The third-order valence-electron chi connectivity index (χ3n) is 6.83. The van der Waals surface area contributed by atoms with Gasteiger partial charge in [0.05, 0.1) is 23.6 Å². The van der Waals surface area contributed by atoms with Crippen molar-refractivity contribution in [2.24, 2.45) is 5.92 Å². The first-order valence-corrected chi connectivity index (χ1v) is 12.6. The molecule has 0 aromatic heterocycles. The summed E-state index contributed by atoms with van der Waals surface area (Å²) in [6.07, 6.45) is 0.914. The zero-order valence-electron chi connectivity index (χ0n) is 19.3. The fourth-order valence-electron chi connectivity index (χ4n) is 4.71. The predicted molar refractivity (Wildman–Crippen MR) is 126 cm³/mol. The molecule has 1 aliphatic rings. The Balaban J connectivity index is 1.92. The van der Waals surface area contributed by atoms with E-state index in [0.717, 1.165) is 43.5 Å². The van der Waals surface area contributed by atoms with Gasteiger partial charge in [-0.2, -0.15) is 13.2 Å². The molecule has 1 saturated carbocycles. The van der Waals surface area contributed by atoms with E-state index in [0.29, 0.717) is 23.5 Å². The van der Waals surface area contributed by atoms with Gasteiger partial charge in [-0.25, -0.2) is 0 Å². The van der Waals surface area contributed by atoms with Crippen LogP contribution in [0.3, 0.4) is 0 Å². The van der Waals surface area contributed by atoms with Crippen LogP contribution >= 0.6 is 11.8 Å². The number of thioether (sulfide) groups is 1. The molecular formula is C26H32F3NO2S. The predicted octanol–water partition coefficient (Wildman–Crippen LogP) is 6.67. The van der Waals surface area contributed by atoms with Gasteiger partial charge in [0, 0.05) is 11.9 Å². The summed E-state index contributed by atoms with van der Waals surface area (Å²) in [5.41, 5.74) is 0.391. The number of amides is 1. The van der Waals surface area contributed by atoms with Crippen molar-refractivity contribution < 1.29 is 23.1 Å². The Labute approximate surface area is 198 Å². The molecule has 2 aromatic rings. The quantitative estimate of drug-likeness (QED) is 0.430. The highest BCUT2D eigenvalue weighted by atomic mass is 32.2. The van der Waals surface area contributed by atoms with Crippen LogP contribution in [-0.2, 0) is 11.0 Å². The molecule has 1 aliphatic carbocycles. The normalized spacial score (nSPS) is 17.5. The van der Waals surface area contributed by atoms with Crippen molar-refractivity contribution in [1.29, 1.82) is 0 Å². The Morgan fingerprint density at radius 3 is 2.33 bits per heavy atom. The minimum atomic E-state index is -4.49. The molecule has 33 heavy (non-hydrogen) atoms. The molecule has 1 amide bonds. The van der Waals surface area contributed by atoms with Gasteiger partial charge >= 0.3 is 6.18 Å². The molecule has 180 valence electrons. The lowest BCUT2D eigenvalue weighted by Crippen LogP contribution is -2.42. The van der Waals surface area contributed by atoms with Crippen molar-refractivity contribution in [2.75, 3.05) is 13.3 Å². The first-order chi connectivity index (χ1) is 15.6. The largest absolute Gasteiger partial charge is 0.417 e. The van der Waals surface area contributed by atoms with Crippen LogP contribution in [0.25, 0.3) is 0 Å². The van der Waals surface area contributed by atoms with E-state index in [1.807, 2.05) is 18.2 Å². The number of hydrogen-bond donors (Lipinski definition) is 1. The second-order valence-corrected chi connectivity index (χ2v) is 9.79. The highest BCUT2D eigenvalue weighted by Gasteiger charge is 2.37. The second-order valence-electron chi connectivity index (χ2n) is 8.94. The van der Waals surface area contributed by atoms with Crippen LogP contribution in [0.15, 0.2) is 53.4 Å². The number of alkyl halides is 3. The van der Waals surface area contributed by atoms with Gasteiger partial charge in [0.15, 0.2) is 0 Å². The molecule has 3 rings (SSSR count). The summed E-state index contributed by atoms with van der Waals surface area (Å²) in [5, 5.41) is 10.8. The number of carbonyl (C=O) groups is 1. The minimum Gasteiger partial charge on any atom is -0.386 e. The number of hydrogen-bond acceptors (Lipinski definition) is 3. The third kappa shape index (κ3) is 6.12. The van der Waals surface area contributed by atoms with Crippen molar-refractivity contribution >= 4 is 17.7 Å². The van der Waals surface area contributed by atoms with Crippen LogP contribution in [0, 0.1) is 5.92 Å². The summed E-state index contributed by atoms with van der Waals surface area (Å²) in [7, 11) is 1.63. The van der Waals surface area contributed by atoms with E-state index in [2.05, 4.69) is 0 Å². The maximum atomic E-state index is 13.7. The van der Waals surface area contributed by atoms with Gasteiger partial charge in [-0.1, -0.05) is 62.1 Å². The summed E-state index contributed by atoms with van der Waals surface area (Å²) < 4.78 is 41.2. The Morgan fingerprint density at radius 2 is 1.76 bits per heavy atom. The SMILES string of the molecule is CSc1ccc([C@@H](CC2CCCC2)C(=O)N(C)[C@H](C)[C@H](O)c2ccccc2)cc1C(F)(F)F. The lowest BCUT2D eigenvalue weighted by molar-refractivity contribution is -0.140. The number of carbonyl (C=O) groups excluding carboxylic acids is 1. The van der Waals surface area contributed by atoms with Gasteiger partial charge < -0.3 is 10.0 Å². The van der Waals surface area contributed by atoms with E-state index >= 15 is 0 Å². The van der Waals surface area contributed by atoms with Crippen molar-refractivity contribution in [1.82, 2.24) is 4.90 Å². The number of halogens is 3. The molecule has 0 unspecified atom stereocenters. The molecule has 0 heterocycles. The Bertz CT molecular complexity index is 929. The second kappa shape index (κ2) is 11.0. The standard InChI is InChI=1S/C26H32F3NO2S/c1-17(24(31)19-11-5-4-6-12-19)30(2)25(32)21(15-18-9-7-8-10-18)20-13-14-23(33-3)22(16-20)26(27,28)29/h4-6,11-14,16-18,21,24,31H,7-10,15H2,1-3H3/t17-,21-,24+/m1/s1. The number of aliphatic hydroxyl groups is 1. The van der Waals surface area contributed by atoms with Crippen molar-refractivity contribution in [2.45, 2.75) is 68.2 Å². The van der Waals surface area contributed by atoms with E-state index in [9.17, 15) is 23.1 Å². The lowest BCUT2D eigenvalue weighted by atomic mass is 9.85. The van der Waals surface area contributed by atoms with Crippen LogP contribution < -0.4 is 0 Å². The summed E-state index contributed by atoms with van der Waals surface area (Å²) >= 11 is 1.05. The van der Waals surface area contributed by atoms with E-state index in [1.54, 1.807) is 38.4 Å². The average Bonchev–Trinajstić information content (AvgIpc) is 3.33. The van der Waals surface area contributed by atoms with E-state index < -0.39 is 29.8 Å². The first kappa shape index (κ1) is 25.6. The van der Waals surface area contributed by atoms with E-state index in [1.165, 1.54) is 11.0 Å². The molecule has 2 aromatic carbocycles. The molecule has 0 aliphatic heterocycles. The molecule has 0 radical (unpaired) electrons.